The van der Waals surface area contributed by atoms with Crippen LogP contribution in [0.3, 0.4) is 0 Å². The summed E-state index contributed by atoms with van der Waals surface area (Å²) >= 11 is 1.84. The van der Waals surface area contributed by atoms with Crippen molar-refractivity contribution >= 4 is 91.6 Å². The first kappa shape index (κ1) is 33.8. The third-order valence-electron chi connectivity index (χ3n) is 12.5. The van der Waals surface area contributed by atoms with E-state index < -0.39 is 0 Å². The Bertz CT molecular complexity index is 3700. The second-order valence-corrected chi connectivity index (χ2v) is 16.7. The standard InChI is InChI=1S/C57H36OS/c1-3-38-49(57-34(2)39-17-10-11-25-52(39)58-57)30-31-53-56(38)50-27-26-37(33-54(50)59-53)41-28-29-48(45-21-9-8-20-43(41)45)55-42-19-7-5-15-36(42)32-51-46(23-13-24-47(51)55)44-22-12-16-35-14-4-6-18-40(35)44/h3-33H,1H2,2H3. The van der Waals surface area contributed by atoms with Crippen molar-refractivity contribution in [3.8, 4) is 44.7 Å². The van der Waals surface area contributed by atoms with Gasteiger partial charge in [-0.25, -0.2) is 0 Å². The van der Waals surface area contributed by atoms with Gasteiger partial charge in [0.1, 0.15) is 11.3 Å². The first-order valence-corrected chi connectivity index (χ1v) is 21.0. The van der Waals surface area contributed by atoms with Crippen LogP contribution in [-0.2, 0) is 0 Å². The normalized spacial score (nSPS) is 11.9. The van der Waals surface area contributed by atoms with Crippen LogP contribution in [0.2, 0.25) is 0 Å². The molecular formula is C57H36OS. The molecular weight excluding hydrogens is 733 g/mol. The highest BCUT2D eigenvalue weighted by atomic mass is 32.1. The maximum absolute atomic E-state index is 6.47. The second-order valence-electron chi connectivity index (χ2n) is 15.6. The van der Waals surface area contributed by atoms with E-state index >= 15 is 0 Å². The Labute approximate surface area is 345 Å². The van der Waals surface area contributed by atoms with Gasteiger partial charge in [-0.15, -0.1) is 11.3 Å². The summed E-state index contributed by atoms with van der Waals surface area (Å²) in [7, 11) is 0. The van der Waals surface area contributed by atoms with Gasteiger partial charge in [0.2, 0.25) is 0 Å². The lowest BCUT2D eigenvalue weighted by molar-refractivity contribution is 0.629. The molecule has 0 spiro atoms. The van der Waals surface area contributed by atoms with Gasteiger partial charge in [0.15, 0.2) is 0 Å². The lowest BCUT2D eigenvalue weighted by atomic mass is 9.85. The summed E-state index contributed by atoms with van der Waals surface area (Å²) < 4.78 is 8.97. The van der Waals surface area contributed by atoms with E-state index in [1.165, 1.54) is 96.6 Å². The second kappa shape index (κ2) is 13.1. The summed E-state index contributed by atoms with van der Waals surface area (Å²) in [6.07, 6.45) is 2.00. The lowest BCUT2D eigenvalue weighted by Crippen LogP contribution is -1.91. The molecule has 276 valence electrons. The van der Waals surface area contributed by atoms with Crippen LogP contribution >= 0.6 is 11.3 Å². The Hall–Kier alpha value is -7.26. The number of para-hydroxylation sites is 1. The summed E-state index contributed by atoms with van der Waals surface area (Å²) in [5.74, 6) is 0.911. The summed E-state index contributed by atoms with van der Waals surface area (Å²) in [6.45, 7) is 6.45. The van der Waals surface area contributed by atoms with Gasteiger partial charge in [-0.1, -0.05) is 164 Å². The monoisotopic (exact) mass is 768 g/mol. The number of benzene rings is 10. The number of fused-ring (bicyclic) bond motifs is 8. The number of aryl methyl sites for hydroxylation is 1. The number of hydrogen-bond acceptors (Lipinski definition) is 2. The van der Waals surface area contributed by atoms with Crippen molar-refractivity contribution < 1.29 is 4.42 Å². The average Bonchev–Trinajstić information content (AvgIpc) is 3.84. The van der Waals surface area contributed by atoms with Crippen LogP contribution in [0.5, 0.6) is 0 Å². The SMILES string of the molecule is C=Cc1c(-c2oc3ccccc3c2C)ccc2sc3cc(-c4ccc(-c5c6ccccc6cc6c(-c7cccc8ccccc78)cccc56)c5ccccc45)ccc3c12. The van der Waals surface area contributed by atoms with Crippen molar-refractivity contribution in [2.45, 2.75) is 6.92 Å². The fraction of sp³-hybridized carbons (Fsp3) is 0.0175. The molecule has 0 aliphatic heterocycles. The largest absolute Gasteiger partial charge is 0.456 e. The highest BCUT2D eigenvalue weighted by Crippen LogP contribution is 2.47. The molecule has 0 saturated heterocycles. The molecule has 0 amide bonds. The molecule has 0 unspecified atom stereocenters. The Morgan fingerprint density at radius 3 is 1.88 bits per heavy atom. The molecule has 0 radical (unpaired) electrons. The molecule has 0 aliphatic rings. The predicted octanol–water partition coefficient (Wildman–Crippen LogP) is 17.0. The third kappa shape index (κ3) is 5.10. The van der Waals surface area contributed by atoms with Gasteiger partial charge in [0.05, 0.1) is 0 Å². The lowest BCUT2D eigenvalue weighted by Gasteiger charge is -2.18. The van der Waals surface area contributed by atoms with E-state index in [2.05, 4.69) is 183 Å². The van der Waals surface area contributed by atoms with E-state index in [1.807, 2.05) is 29.5 Å². The fourth-order valence-corrected chi connectivity index (χ4v) is 10.9. The molecule has 0 saturated carbocycles. The quantitative estimate of drug-likeness (QED) is 0.159. The van der Waals surface area contributed by atoms with Gasteiger partial charge in [-0.2, -0.15) is 0 Å². The molecule has 12 aromatic rings. The molecule has 10 aromatic carbocycles. The Kier molecular flexibility index (Phi) is 7.54. The summed E-state index contributed by atoms with van der Waals surface area (Å²) in [4.78, 5) is 0. The molecule has 0 fully saturated rings. The maximum atomic E-state index is 6.47. The van der Waals surface area contributed by atoms with Gasteiger partial charge >= 0.3 is 0 Å². The molecule has 2 heteroatoms. The first-order valence-electron chi connectivity index (χ1n) is 20.2. The van der Waals surface area contributed by atoms with Crippen LogP contribution < -0.4 is 0 Å². The molecule has 12 rings (SSSR count). The van der Waals surface area contributed by atoms with Gasteiger partial charge in [0.25, 0.3) is 0 Å². The van der Waals surface area contributed by atoms with Gasteiger partial charge in [-0.3, -0.25) is 0 Å². The Morgan fingerprint density at radius 2 is 1.07 bits per heavy atom. The molecule has 0 N–H and O–H groups in total. The van der Waals surface area contributed by atoms with Crippen molar-refractivity contribution in [1.82, 2.24) is 0 Å². The van der Waals surface area contributed by atoms with Gasteiger partial charge in [0, 0.05) is 36.7 Å². The van der Waals surface area contributed by atoms with Crippen molar-refractivity contribution in [2.75, 3.05) is 0 Å². The predicted molar refractivity (Wildman–Crippen MR) is 256 cm³/mol. The zero-order valence-corrected chi connectivity index (χ0v) is 33.2. The summed E-state index contributed by atoms with van der Waals surface area (Å²) in [5.41, 5.74) is 11.7. The van der Waals surface area contributed by atoms with Crippen LogP contribution in [0.25, 0.3) is 125 Å². The van der Waals surface area contributed by atoms with Crippen LogP contribution in [0.15, 0.2) is 193 Å². The van der Waals surface area contributed by atoms with E-state index in [1.54, 1.807) is 0 Å². The van der Waals surface area contributed by atoms with Crippen molar-refractivity contribution in [3.05, 3.63) is 200 Å². The minimum absolute atomic E-state index is 0.910. The van der Waals surface area contributed by atoms with Crippen LogP contribution in [0.4, 0.5) is 0 Å². The van der Waals surface area contributed by atoms with E-state index in [9.17, 15) is 0 Å². The zero-order valence-electron chi connectivity index (χ0n) is 32.4. The number of thiophene rings is 1. The minimum atomic E-state index is 0.910. The van der Waals surface area contributed by atoms with Crippen molar-refractivity contribution in [3.63, 3.8) is 0 Å². The zero-order chi connectivity index (χ0) is 39.2. The van der Waals surface area contributed by atoms with E-state index in [-0.39, 0.29) is 0 Å². The highest BCUT2D eigenvalue weighted by molar-refractivity contribution is 7.25. The van der Waals surface area contributed by atoms with Crippen molar-refractivity contribution in [1.29, 1.82) is 0 Å². The third-order valence-corrected chi connectivity index (χ3v) is 13.6. The number of hydrogen-bond donors (Lipinski definition) is 0. The number of furan rings is 1. The van der Waals surface area contributed by atoms with Crippen LogP contribution in [0.1, 0.15) is 11.1 Å². The molecule has 59 heavy (non-hydrogen) atoms. The average molecular weight is 769 g/mol. The van der Waals surface area contributed by atoms with Gasteiger partial charge in [-0.05, 0) is 119 Å². The fourth-order valence-electron chi connectivity index (χ4n) is 9.75. The highest BCUT2D eigenvalue weighted by Gasteiger charge is 2.21. The Balaban J connectivity index is 1.04. The number of rotatable bonds is 5. The Morgan fingerprint density at radius 1 is 0.441 bits per heavy atom. The van der Waals surface area contributed by atoms with Gasteiger partial charge < -0.3 is 4.42 Å². The first-order chi connectivity index (χ1) is 29.1. The smallest absolute Gasteiger partial charge is 0.138 e. The molecule has 0 aliphatic carbocycles. The van der Waals surface area contributed by atoms with Crippen LogP contribution in [0, 0.1) is 6.92 Å². The molecule has 2 aromatic heterocycles. The minimum Gasteiger partial charge on any atom is -0.456 e. The maximum Gasteiger partial charge on any atom is 0.138 e. The molecule has 2 heterocycles. The summed E-state index contributed by atoms with van der Waals surface area (Å²) in [6, 6.07) is 66.8. The molecule has 0 bridgehead atoms. The van der Waals surface area contributed by atoms with E-state index in [4.69, 9.17) is 4.42 Å². The topological polar surface area (TPSA) is 13.1 Å². The van der Waals surface area contributed by atoms with Crippen LogP contribution in [-0.4, -0.2) is 0 Å². The van der Waals surface area contributed by atoms with E-state index in [0.717, 1.165) is 33.4 Å². The van der Waals surface area contributed by atoms with Crippen molar-refractivity contribution in [2.24, 2.45) is 0 Å². The summed E-state index contributed by atoms with van der Waals surface area (Å²) in [5, 5.41) is 13.6. The molecule has 1 nitrogen and oxygen atoms in total. The molecule has 0 atom stereocenters. The van der Waals surface area contributed by atoms with E-state index in [0.29, 0.717) is 0 Å².